The lowest BCUT2D eigenvalue weighted by atomic mass is 10.0. The maximum Gasteiger partial charge on any atom is 0.229 e. The van der Waals surface area contributed by atoms with Gasteiger partial charge in [0.2, 0.25) is 5.89 Å². The number of hydrogen-bond donors (Lipinski definition) is 1. The summed E-state index contributed by atoms with van der Waals surface area (Å²) >= 11 is 0. The molecule has 0 radical (unpaired) electrons. The Kier molecular flexibility index (Phi) is 4.10. The summed E-state index contributed by atoms with van der Waals surface area (Å²) in [5.41, 5.74) is 1.15. The summed E-state index contributed by atoms with van der Waals surface area (Å²) in [7, 11) is 0. The average Bonchev–Trinajstić information content (AvgIpc) is 2.77. The van der Waals surface area contributed by atoms with Gasteiger partial charge in [0, 0.05) is 6.42 Å². The van der Waals surface area contributed by atoms with E-state index in [4.69, 9.17) is 4.52 Å². The Morgan fingerprint density at radius 2 is 1.94 bits per heavy atom. The van der Waals surface area contributed by atoms with Gasteiger partial charge in [-0.05, 0) is 11.5 Å². The normalized spacial score (nSPS) is 12.9. The summed E-state index contributed by atoms with van der Waals surface area (Å²) in [6.07, 6.45) is 0.636. The first kappa shape index (κ1) is 12.8. The predicted molar refractivity (Wildman–Crippen MR) is 68.1 cm³/mol. The zero-order valence-corrected chi connectivity index (χ0v) is 10.7. The van der Waals surface area contributed by atoms with Crippen LogP contribution in [-0.2, 0) is 12.8 Å². The van der Waals surface area contributed by atoms with E-state index in [2.05, 4.69) is 10.1 Å². The number of aliphatic hydroxyl groups excluding tert-OH is 1. The first-order valence-corrected chi connectivity index (χ1v) is 6.18. The molecular formula is C14H18N2O2. The molecule has 2 aromatic rings. The van der Waals surface area contributed by atoms with Crippen molar-refractivity contribution in [3.05, 3.63) is 47.6 Å². The molecule has 0 saturated heterocycles. The molecule has 1 heterocycles. The van der Waals surface area contributed by atoms with Gasteiger partial charge in [-0.2, -0.15) is 4.98 Å². The van der Waals surface area contributed by atoms with Gasteiger partial charge in [-0.25, -0.2) is 0 Å². The maximum atomic E-state index is 9.75. The van der Waals surface area contributed by atoms with Crippen LogP contribution in [0.15, 0.2) is 34.9 Å². The molecule has 2 rings (SSSR count). The van der Waals surface area contributed by atoms with Crippen LogP contribution >= 0.6 is 0 Å². The highest BCUT2D eigenvalue weighted by Crippen LogP contribution is 2.10. The molecule has 1 aromatic carbocycles. The number of aliphatic hydroxyl groups is 1. The highest BCUT2D eigenvalue weighted by Gasteiger charge is 2.15. The fourth-order valence-electron chi connectivity index (χ4n) is 1.64. The van der Waals surface area contributed by atoms with Crippen LogP contribution in [0, 0.1) is 5.92 Å². The highest BCUT2D eigenvalue weighted by molar-refractivity contribution is 5.18. The van der Waals surface area contributed by atoms with Crippen LogP contribution in [0.2, 0.25) is 0 Å². The molecule has 0 saturated carbocycles. The fourth-order valence-corrected chi connectivity index (χ4v) is 1.64. The number of nitrogens with zero attached hydrogens (tertiary/aromatic N) is 2. The van der Waals surface area contributed by atoms with E-state index in [0.29, 0.717) is 24.6 Å². The second-order valence-electron chi connectivity index (χ2n) is 4.78. The summed E-state index contributed by atoms with van der Waals surface area (Å²) in [5, 5.41) is 13.7. The van der Waals surface area contributed by atoms with Crippen LogP contribution in [0.4, 0.5) is 0 Å². The second kappa shape index (κ2) is 5.78. The third kappa shape index (κ3) is 3.40. The summed E-state index contributed by atoms with van der Waals surface area (Å²) in [6, 6.07) is 10.00. The lowest BCUT2D eigenvalue weighted by molar-refractivity contribution is 0.116. The quantitative estimate of drug-likeness (QED) is 0.878. The molecule has 4 nitrogen and oxygen atoms in total. The molecule has 0 fully saturated rings. The molecule has 0 aliphatic heterocycles. The molecule has 0 aliphatic rings. The van der Waals surface area contributed by atoms with Crippen molar-refractivity contribution in [3.8, 4) is 0 Å². The van der Waals surface area contributed by atoms with Crippen molar-refractivity contribution in [1.82, 2.24) is 10.1 Å². The van der Waals surface area contributed by atoms with E-state index in [1.165, 1.54) is 0 Å². The third-order valence-electron chi connectivity index (χ3n) is 2.87. The lowest BCUT2D eigenvalue weighted by Crippen LogP contribution is -2.17. The average molecular weight is 246 g/mol. The minimum absolute atomic E-state index is 0.189. The van der Waals surface area contributed by atoms with Crippen LogP contribution in [0.25, 0.3) is 0 Å². The Labute approximate surface area is 107 Å². The van der Waals surface area contributed by atoms with E-state index in [0.717, 1.165) is 5.56 Å². The van der Waals surface area contributed by atoms with Crippen molar-refractivity contribution in [2.24, 2.45) is 5.92 Å². The smallest absolute Gasteiger partial charge is 0.229 e. The van der Waals surface area contributed by atoms with Crippen molar-refractivity contribution >= 4 is 0 Å². The lowest BCUT2D eigenvalue weighted by Gasteiger charge is -2.10. The van der Waals surface area contributed by atoms with Crippen molar-refractivity contribution in [1.29, 1.82) is 0 Å². The molecule has 1 unspecified atom stereocenters. The van der Waals surface area contributed by atoms with Crippen molar-refractivity contribution in [2.75, 3.05) is 0 Å². The standard InChI is InChI=1S/C14H18N2O2/c1-10(2)12(17)9-14-15-13(16-18-14)8-11-6-4-3-5-7-11/h3-7,10,12,17H,8-9H2,1-2H3. The zero-order chi connectivity index (χ0) is 13.0. The van der Waals surface area contributed by atoms with Crippen molar-refractivity contribution < 1.29 is 9.63 Å². The minimum atomic E-state index is -0.435. The Morgan fingerprint density at radius 3 is 2.61 bits per heavy atom. The molecule has 0 spiro atoms. The van der Waals surface area contributed by atoms with Crippen LogP contribution in [0.1, 0.15) is 31.1 Å². The number of aromatic nitrogens is 2. The van der Waals surface area contributed by atoms with E-state index >= 15 is 0 Å². The second-order valence-corrected chi connectivity index (χ2v) is 4.78. The Morgan fingerprint density at radius 1 is 1.22 bits per heavy atom. The van der Waals surface area contributed by atoms with Gasteiger partial charge in [-0.3, -0.25) is 0 Å². The topological polar surface area (TPSA) is 59.2 Å². The Balaban J connectivity index is 1.98. The van der Waals surface area contributed by atoms with Gasteiger partial charge in [-0.1, -0.05) is 49.3 Å². The predicted octanol–water partition coefficient (Wildman–Crippen LogP) is 2.22. The third-order valence-corrected chi connectivity index (χ3v) is 2.87. The summed E-state index contributed by atoms with van der Waals surface area (Å²) in [5.74, 6) is 1.35. The Hall–Kier alpha value is -1.68. The highest BCUT2D eigenvalue weighted by atomic mass is 16.5. The number of rotatable bonds is 5. The van der Waals surface area contributed by atoms with Gasteiger partial charge in [0.05, 0.1) is 12.5 Å². The number of benzene rings is 1. The van der Waals surface area contributed by atoms with Crippen LogP contribution in [0.3, 0.4) is 0 Å². The van der Waals surface area contributed by atoms with Gasteiger partial charge >= 0.3 is 0 Å². The zero-order valence-electron chi connectivity index (χ0n) is 10.7. The SMILES string of the molecule is CC(C)C(O)Cc1nc(Cc2ccccc2)no1. The van der Waals surface area contributed by atoms with Crippen LogP contribution in [-0.4, -0.2) is 21.4 Å². The van der Waals surface area contributed by atoms with E-state index in [-0.39, 0.29) is 5.92 Å². The molecule has 1 N–H and O–H groups in total. The van der Waals surface area contributed by atoms with Crippen molar-refractivity contribution in [2.45, 2.75) is 32.8 Å². The van der Waals surface area contributed by atoms with Gasteiger partial charge in [-0.15, -0.1) is 0 Å². The molecular weight excluding hydrogens is 228 g/mol. The first-order chi connectivity index (χ1) is 8.65. The molecule has 1 aromatic heterocycles. The largest absolute Gasteiger partial charge is 0.392 e. The van der Waals surface area contributed by atoms with Gasteiger partial charge in [0.1, 0.15) is 0 Å². The van der Waals surface area contributed by atoms with E-state index in [9.17, 15) is 5.11 Å². The van der Waals surface area contributed by atoms with Crippen LogP contribution in [0.5, 0.6) is 0 Å². The molecule has 96 valence electrons. The minimum Gasteiger partial charge on any atom is -0.392 e. The van der Waals surface area contributed by atoms with Gasteiger partial charge in [0.15, 0.2) is 5.82 Å². The van der Waals surface area contributed by atoms with Gasteiger partial charge in [0.25, 0.3) is 0 Å². The van der Waals surface area contributed by atoms with E-state index in [1.807, 2.05) is 44.2 Å². The molecule has 18 heavy (non-hydrogen) atoms. The Bertz CT molecular complexity index is 480. The summed E-state index contributed by atoms with van der Waals surface area (Å²) in [6.45, 7) is 3.93. The monoisotopic (exact) mass is 246 g/mol. The van der Waals surface area contributed by atoms with E-state index < -0.39 is 6.10 Å². The molecule has 1 atom stereocenters. The van der Waals surface area contributed by atoms with Crippen molar-refractivity contribution in [3.63, 3.8) is 0 Å². The summed E-state index contributed by atoms with van der Waals surface area (Å²) < 4.78 is 5.14. The van der Waals surface area contributed by atoms with E-state index in [1.54, 1.807) is 0 Å². The molecule has 4 heteroatoms. The molecule has 0 amide bonds. The first-order valence-electron chi connectivity index (χ1n) is 6.18. The fraction of sp³-hybridized carbons (Fsp3) is 0.429. The number of hydrogen-bond acceptors (Lipinski definition) is 4. The van der Waals surface area contributed by atoms with Crippen LogP contribution < -0.4 is 0 Å². The molecule has 0 bridgehead atoms. The summed E-state index contributed by atoms with van der Waals surface area (Å²) in [4.78, 5) is 4.29. The maximum absolute atomic E-state index is 9.75. The van der Waals surface area contributed by atoms with Gasteiger partial charge < -0.3 is 9.63 Å². The molecule has 0 aliphatic carbocycles.